The Bertz CT molecular complexity index is 1610. The highest BCUT2D eigenvalue weighted by Crippen LogP contribution is 2.33. The van der Waals surface area contributed by atoms with Crippen molar-refractivity contribution < 1.29 is 4.74 Å². The summed E-state index contributed by atoms with van der Waals surface area (Å²) in [5.41, 5.74) is 3.54. The Balaban J connectivity index is 1.44. The topological polar surface area (TPSA) is 108 Å². The molecule has 9 nitrogen and oxygen atoms in total. The number of benzene rings is 2. The zero-order chi connectivity index (χ0) is 25.1. The third-order valence-electron chi connectivity index (χ3n) is 8.44. The van der Waals surface area contributed by atoms with Crippen LogP contribution in [0.2, 0.25) is 0 Å². The number of H-pyrrole nitrogens is 2. The van der Waals surface area contributed by atoms with E-state index in [9.17, 15) is 9.59 Å². The number of fused-ring (bicyclic) bond motifs is 5. The fraction of sp³-hybridized carbons (Fsp3) is 0.464. The van der Waals surface area contributed by atoms with Gasteiger partial charge >= 0.3 is 0 Å². The van der Waals surface area contributed by atoms with Crippen LogP contribution >= 0.6 is 0 Å². The Morgan fingerprint density at radius 3 is 2.86 bits per heavy atom. The molecule has 3 N–H and O–H groups in total. The minimum absolute atomic E-state index is 0.00444. The molecule has 9 heteroatoms. The number of hydrogen-bond donors (Lipinski definition) is 3. The molecule has 1 aliphatic carbocycles. The van der Waals surface area contributed by atoms with E-state index < -0.39 is 0 Å². The molecule has 0 amide bonds. The van der Waals surface area contributed by atoms with Gasteiger partial charge < -0.3 is 15.0 Å². The largest absolute Gasteiger partial charge is 0.486 e. The molecule has 4 heterocycles. The van der Waals surface area contributed by atoms with Crippen molar-refractivity contribution in [1.82, 2.24) is 30.0 Å². The summed E-state index contributed by atoms with van der Waals surface area (Å²) in [7, 11) is 0. The molecule has 37 heavy (non-hydrogen) atoms. The van der Waals surface area contributed by atoms with Crippen LogP contribution in [0.1, 0.15) is 44.6 Å². The molecule has 7 rings (SSSR count). The fourth-order valence-electron chi connectivity index (χ4n) is 6.38. The van der Waals surface area contributed by atoms with E-state index in [4.69, 9.17) is 9.72 Å². The fourth-order valence-corrected chi connectivity index (χ4v) is 6.38. The monoisotopic (exact) mass is 500 g/mol. The third kappa shape index (κ3) is 3.88. The van der Waals surface area contributed by atoms with E-state index in [1.54, 1.807) is 10.7 Å². The third-order valence-corrected chi connectivity index (χ3v) is 8.44. The van der Waals surface area contributed by atoms with Gasteiger partial charge in [0.05, 0.1) is 23.0 Å². The number of hydrogen-bond acceptors (Lipinski definition) is 6. The van der Waals surface area contributed by atoms with Crippen LogP contribution in [0.5, 0.6) is 5.75 Å². The molecule has 1 saturated heterocycles. The molecule has 4 aromatic rings. The Morgan fingerprint density at radius 2 is 2.00 bits per heavy atom. The number of aromatic amines is 2. The summed E-state index contributed by atoms with van der Waals surface area (Å²) in [6.07, 6.45) is 5.86. The molecular weight excluding hydrogens is 468 g/mol. The lowest BCUT2D eigenvalue weighted by atomic mass is 10.1. The summed E-state index contributed by atoms with van der Waals surface area (Å²) in [6, 6.07) is 10.3. The second kappa shape index (κ2) is 8.85. The number of rotatable bonds is 3. The first kappa shape index (κ1) is 22.7. The van der Waals surface area contributed by atoms with Gasteiger partial charge in [-0.3, -0.25) is 24.3 Å². The zero-order valence-electron chi connectivity index (χ0n) is 21.0. The maximum atomic E-state index is 13.3. The first-order chi connectivity index (χ1) is 18.0. The Kier molecular flexibility index (Phi) is 5.44. The normalized spacial score (nSPS) is 23.8. The van der Waals surface area contributed by atoms with Crippen LogP contribution in [0.25, 0.3) is 33.2 Å². The van der Waals surface area contributed by atoms with E-state index in [1.807, 2.05) is 18.2 Å². The van der Waals surface area contributed by atoms with Gasteiger partial charge in [0.2, 0.25) is 0 Å². The van der Waals surface area contributed by atoms with Crippen LogP contribution in [-0.4, -0.2) is 55.9 Å². The second-order valence-corrected chi connectivity index (χ2v) is 10.8. The highest BCUT2D eigenvalue weighted by Gasteiger charge is 2.32. The van der Waals surface area contributed by atoms with E-state index >= 15 is 0 Å². The van der Waals surface area contributed by atoms with Crippen molar-refractivity contribution >= 4 is 21.9 Å². The quantitative estimate of drug-likeness (QED) is 0.399. The summed E-state index contributed by atoms with van der Waals surface area (Å²) in [4.78, 5) is 36.8. The Hall–Kier alpha value is -3.43. The first-order valence-corrected chi connectivity index (χ1v) is 13.5. The van der Waals surface area contributed by atoms with Crippen LogP contribution < -0.4 is 21.2 Å². The highest BCUT2D eigenvalue weighted by atomic mass is 16.5. The summed E-state index contributed by atoms with van der Waals surface area (Å²) in [5.74, 6) is 0.745. The predicted molar refractivity (Wildman–Crippen MR) is 143 cm³/mol. The summed E-state index contributed by atoms with van der Waals surface area (Å²) >= 11 is 0. The van der Waals surface area contributed by atoms with E-state index in [1.165, 1.54) is 25.7 Å². The standard InChI is InChI=1S/C28H32N6O3/c1-16-13-19-15-33(16)11-12-34-28(36)21-8-4-7-20(23(21)32-34)24-27(35)30-22-10-9-17(26(37-19)25(22)31-24)14-29-18-5-2-3-6-18/h4,7-10,16,18-19,29,32H,2-3,5-6,11-15H2,1H3,(H,30,35)/t16-,19?/m1/s1. The number of para-hydroxylation sites is 1. The number of aromatic nitrogens is 4. The number of ether oxygens (including phenoxy) is 1. The Morgan fingerprint density at radius 1 is 1.14 bits per heavy atom. The lowest BCUT2D eigenvalue weighted by molar-refractivity contribution is 0.194. The molecular formula is C28H32N6O3. The molecule has 0 spiro atoms. The van der Waals surface area contributed by atoms with Crippen molar-refractivity contribution in [1.29, 1.82) is 0 Å². The molecule has 2 aliphatic heterocycles. The van der Waals surface area contributed by atoms with Crippen LogP contribution in [0.15, 0.2) is 39.9 Å². The predicted octanol–water partition coefficient (Wildman–Crippen LogP) is 3.12. The highest BCUT2D eigenvalue weighted by molar-refractivity contribution is 5.94. The lowest BCUT2D eigenvalue weighted by Crippen LogP contribution is -2.34. The van der Waals surface area contributed by atoms with Crippen LogP contribution in [0, 0.1) is 0 Å². The van der Waals surface area contributed by atoms with Crippen molar-refractivity contribution in [3.63, 3.8) is 0 Å². The summed E-state index contributed by atoms with van der Waals surface area (Å²) in [5, 5.41) is 7.56. The van der Waals surface area contributed by atoms with E-state index in [-0.39, 0.29) is 22.9 Å². The van der Waals surface area contributed by atoms with E-state index in [0.717, 1.165) is 30.8 Å². The molecule has 2 unspecified atom stereocenters. The van der Waals surface area contributed by atoms with Gasteiger partial charge in [-0.05, 0) is 31.9 Å². The smallest absolute Gasteiger partial charge is 0.275 e. The SMILES string of the molecule is C[C@@H]1CC2CN1CCn1[nH]c3c(cccc3c1=O)-c1nc3c(c(CNC4CCCC4)ccc3[nH]c1=O)O2. The molecule has 6 bridgehead atoms. The van der Waals surface area contributed by atoms with Gasteiger partial charge in [0.25, 0.3) is 11.1 Å². The molecule has 2 aromatic carbocycles. The molecule has 0 radical (unpaired) electrons. The molecule has 1 saturated carbocycles. The van der Waals surface area contributed by atoms with E-state index in [0.29, 0.717) is 52.7 Å². The van der Waals surface area contributed by atoms with Crippen molar-refractivity contribution in [3.05, 3.63) is 56.6 Å². The molecule has 3 aliphatic rings. The summed E-state index contributed by atoms with van der Waals surface area (Å²) < 4.78 is 8.41. The van der Waals surface area contributed by atoms with Gasteiger partial charge in [0, 0.05) is 49.3 Å². The average molecular weight is 501 g/mol. The van der Waals surface area contributed by atoms with Crippen molar-refractivity contribution in [2.75, 3.05) is 13.1 Å². The van der Waals surface area contributed by atoms with Gasteiger partial charge in [-0.2, -0.15) is 0 Å². The maximum absolute atomic E-state index is 13.3. The Labute approximate surface area is 213 Å². The molecule has 192 valence electrons. The van der Waals surface area contributed by atoms with Crippen molar-refractivity contribution in [3.8, 4) is 17.0 Å². The number of nitrogens with one attached hydrogen (secondary N) is 3. The van der Waals surface area contributed by atoms with Crippen molar-refractivity contribution in [2.24, 2.45) is 0 Å². The zero-order valence-corrected chi connectivity index (χ0v) is 21.0. The minimum Gasteiger partial charge on any atom is -0.486 e. The average Bonchev–Trinajstić information content (AvgIpc) is 3.61. The minimum atomic E-state index is -0.288. The number of nitrogens with zero attached hydrogens (tertiary/aromatic N) is 3. The van der Waals surface area contributed by atoms with Crippen LogP contribution in [0.3, 0.4) is 0 Å². The van der Waals surface area contributed by atoms with Gasteiger partial charge in [-0.1, -0.05) is 31.0 Å². The summed E-state index contributed by atoms with van der Waals surface area (Å²) in [6.45, 7) is 4.98. The molecule has 2 fully saturated rings. The molecule has 3 atom stereocenters. The van der Waals surface area contributed by atoms with Crippen LogP contribution in [-0.2, 0) is 13.1 Å². The van der Waals surface area contributed by atoms with Crippen molar-refractivity contribution in [2.45, 2.75) is 70.3 Å². The lowest BCUT2D eigenvalue weighted by Gasteiger charge is -2.22. The van der Waals surface area contributed by atoms with Gasteiger partial charge in [-0.15, -0.1) is 0 Å². The van der Waals surface area contributed by atoms with Gasteiger partial charge in [-0.25, -0.2) is 4.98 Å². The van der Waals surface area contributed by atoms with E-state index in [2.05, 4.69) is 33.3 Å². The maximum Gasteiger partial charge on any atom is 0.275 e. The molecule has 2 aromatic heterocycles. The second-order valence-electron chi connectivity index (χ2n) is 10.8. The first-order valence-electron chi connectivity index (χ1n) is 13.5. The van der Waals surface area contributed by atoms with Crippen LogP contribution in [0.4, 0.5) is 0 Å². The van der Waals surface area contributed by atoms with Gasteiger partial charge in [0.1, 0.15) is 17.3 Å². The van der Waals surface area contributed by atoms with Gasteiger partial charge in [0.15, 0.2) is 5.75 Å².